The van der Waals surface area contributed by atoms with Gasteiger partial charge >= 0.3 is 0 Å². The minimum absolute atomic E-state index is 0.0915. The van der Waals surface area contributed by atoms with Crippen molar-refractivity contribution in [3.05, 3.63) is 47.7 Å². The fourth-order valence-electron chi connectivity index (χ4n) is 1.54. The van der Waals surface area contributed by atoms with E-state index in [4.69, 9.17) is 9.52 Å². The highest BCUT2D eigenvalue weighted by atomic mass is 16.4. The van der Waals surface area contributed by atoms with Gasteiger partial charge in [0.25, 0.3) is 0 Å². The molecule has 3 heteroatoms. The van der Waals surface area contributed by atoms with Crippen molar-refractivity contribution in [1.29, 1.82) is 0 Å². The van der Waals surface area contributed by atoms with Gasteiger partial charge in [0, 0.05) is 5.56 Å². The lowest BCUT2D eigenvalue weighted by atomic mass is 10.1. The van der Waals surface area contributed by atoms with Crippen molar-refractivity contribution < 1.29 is 14.6 Å². The van der Waals surface area contributed by atoms with E-state index in [9.17, 15) is 5.11 Å². The van der Waals surface area contributed by atoms with E-state index < -0.39 is 6.10 Å². The molecule has 0 aliphatic heterocycles. The Bertz CT molecular complexity index is 454. The van der Waals surface area contributed by atoms with Crippen LogP contribution in [0.2, 0.25) is 0 Å². The first-order chi connectivity index (χ1) is 7.70. The third-order valence-electron chi connectivity index (χ3n) is 2.50. The lowest BCUT2D eigenvalue weighted by molar-refractivity contribution is 0.199. The average molecular weight is 218 g/mol. The van der Waals surface area contributed by atoms with Crippen LogP contribution in [-0.4, -0.2) is 10.2 Å². The van der Waals surface area contributed by atoms with E-state index in [2.05, 4.69) is 0 Å². The minimum atomic E-state index is -0.460. The Hall–Kier alpha value is -1.58. The summed E-state index contributed by atoms with van der Waals surface area (Å²) < 4.78 is 5.41. The molecule has 2 aromatic rings. The molecule has 0 bridgehead atoms. The molecular weight excluding hydrogens is 204 g/mol. The molecule has 1 atom stereocenters. The number of benzene rings is 1. The smallest absolute Gasteiger partial charge is 0.134 e. The zero-order valence-corrected chi connectivity index (χ0v) is 9.05. The van der Waals surface area contributed by atoms with Gasteiger partial charge in [-0.3, -0.25) is 0 Å². The second-order valence-electron chi connectivity index (χ2n) is 3.72. The Kier molecular flexibility index (Phi) is 3.08. The second-order valence-corrected chi connectivity index (χ2v) is 3.72. The molecule has 3 nitrogen and oxygen atoms in total. The van der Waals surface area contributed by atoms with E-state index in [-0.39, 0.29) is 6.61 Å². The molecule has 0 amide bonds. The lowest BCUT2D eigenvalue weighted by Gasteiger charge is -2.04. The van der Waals surface area contributed by atoms with Crippen LogP contribution in [0.3, 0.4) is 0 Å². The Morgan fingerprint density at radius 1 is 1.12 bits per heavy atom. The topological polar surface area (TPSA) is 53.6 Å². The molecule has 0 aliphatic carbocycles. The number of hydrogen-bond acceptors (Lipinski definition) is 3. The number of rotatable bonds is 3. The molecule has 2 N–H and O–H groups in total. The summed E-state index contributed by atoms with van der Waals surface area (Å²) in [6.45, 7) is 1.64. The zero-order valence-electron chi connectivity index (χ0n) is 9.05. The quantitative estimate of drug-likeness (QED) is 0.832. The summed E-state index contributed by atoms with van der Waals surface area (Å²) in [5.74, 6) is 1.27. The number of aliphatic hydroxyl groups excluding tert-OH is 2. The molecule has 84 valence electrons. The van der Waals surface area contributed by atoms with Crippen molar-refractivity contribution in [2.45, 2.75) is 19.6 Å². The molecule has 16 heavy (non-hydrogen) atoms. The summed E-state index contributed by atoms with van der Waals surface area (Å²) in [6.07, 6.45) is -0.460. The first-order valence-corrected chi connectivity index (χ1v) is 5.18. The van der Waals surface area contributed by atoms with Crippen LogP contribution in [0.5, 0.6) is 0 Å². The second kappa shape index (κ2) is 4.51. The molecule has 0 radical (unpaired) electrons. The summed E-state index contributed by atoms with van der Waals surface area (Å²) in [5.41, 5.74) is 1.81. The monoisotopic (exact) mass is 218 g/mol. The van der Waals surface area contributed by atoms with Crippen molar-refractivity contribution in [3.63, 3.8) is 0 Å². The fourth-order valence-corrected chi connectivity index (χ4v) is 1.54. The van der Waals surface area contributed by atoms with Gasteiger partial charge in [0.15, 0.2) is 0 Å². The summed E-state index contributed by atoms with van der Waals surface area (Å²) in [5, 5.41) is 18.3. The van der Waals surface area contributed by atoms with Crippen molar-refractivity contribution in [2.75, 3.05) is 0 Å². The summed E-state index contributed by atoms with van der Waals surface area (Å²) in [7, 11) is 0. The van der Waals surface area contributed by atoms with Gasteiger partial charge in [-0.15, -0.1) is 0 Å². The van der Waals surface area contributed by atoms with Gasteiger partial charge in [0.2, 0.25) is 0 Å². The van der Waals surface area contributed by atoms with Gasteiger partial charge in [-0.2, -0.15) is 0 Å². The van der Waals surface area contributed by atoms with Crippen LogP contribution in [0, 0.1) is 0 Å². The maximum Gasteiger partial charge on any atom is 0.134 e. The molecule has 0 saturated carbocycles. The Balaban J connectivity index is 2.27. The largest absolute Gasteiger partial charge is 0.459 e. The zero-order chi connectivity index (χ0) is 11.5. The van der Waals surface area contributed by atoms with Crippen LogP contribution in [0.25, 0.3) is 11.3 Å². The van der Waals surface area contributed by atoms with E-state index in [1.807, 2.05) is 30.3 Å². The number of hydrogen-bond donors (Lipinski definition) is 2. The molecule has 1 aromatic heterocycles. The Morgan fingerprint density at radius 2 is 1.81 bits per heavy atom. The average Bonchev–Trinajstić information content (AvgIpc) is 2.77. The lowest BCUT2D eigenvalue weighted by Crippen LogP contribution is -1.89. The van der Waals surface area contributed by atoms with Crippen LogP contribution in [0.15, 0.2) is 40.8 Å². The van der Waals surface area contributed by atoms with Crippen LogP contribution in [0.4, 0.5) is 0 Å². The van der Waals surface area contributed by atoms with E-state index >= 15 is 0 Å². The molecule has 1 aromatic carbocycles. The van der Waals surface area contributed by atoms with Crippen molar-refractivity contribution in [3.8, 4) is 11.3 Å². The number of furan rings is 1. The molecule has 0 fully saturated rings. The minimum Gasteiger partial charge on any atom is -0.459 e. The Labute approximate surface area is 94.0 Å². The molecular formula is C13H14O3. The molecule has 1 heterocycles. The molecule has 2 rings (SSSR count). The highest BCUT2D eigenvalue weighted by Gasteiger charge is 2.05. The van der Waals surface area contributed by atoms with E-state index in [1.165, 1.54) is 0 Å². The summed E-state index contributed by atoms with van der Waals surface area (Å²) >= 11 is 0. The van der Waals surface area contributed by atoms with Gasteiger partial charge < -0.3 is 14.6 Å². The predicted molar refractivity (Wildman–Crippen MR) is 60.7 cm³/mol. The van der Waals surface area contributed by atoms with Crippen LogP contribution < -0.4 is 0 Å². The van der Waals surface area contributed by atoms with Crippen LogP contribution >= 0.6 is 0 Å². The van der Waals surface area contributed by atoms with Gasteiger partial charge in [-0.1, -0.05) is 24.3 Å². The van der Waals surface area contributed by atoms with Gasteiger partial charge in [-0.25, -0.2) is 0 Å². The predicted octanol–water partition coefficient (Wildman–Crippen LogP) is 2.49. The van der Waals surface area contributed by atoms with Gasteiger partial charge in [0.05, 0.1) is 6.10 Å². The summed E-state index contributed by atoms with van der Waals surface area (Å²) in [6, 6.07) is 11.1. The maximum absolute atomic E-state index is 9.37. The highest BCUT2D eigenvalue weighted by Crippen LogP contribution is 2.24. The highest BCUT2D eigenvalue weighted by molar-refractivity contribution is 5.58. The van der Waals surface area contributed by atoms with E-state index in [0.717, 1.165) is 16.9 Å². The van der Waals surface area contributed by atoms with E-state index in [1.54, 1.807) is 13.0 Å². The number of aliphatic hydroxyl groups is 2. The summed E-state index contributed by atoms with van der Waals surface area (Å²) in [4.78, 5) is 0. The SMILES string of the molecule is C[C@H](O)c1ccc(-c2ccc(CO)o2)cc1. The van der Waals surface area contributed by atoms with E-state index in [0.29, 0.717) is 5.76 Å². The fraction of sp³-hybridized carbons (Fsp3) is 0.231. The van der Waals surface area contributed by atoms with Crippen LogP contribution in [0.1, 0.15) is 24.4 Å². The third kappa shape index (κ3) is 2.15. The van der Waals surface area contributed by atoms with Gasteiger partial charge in [0.1, 0.15) is 18.1 Å². The molecule has 0 unspecified atom stereocenters. The van der Waals surface area contributed by atoms with Crippen molar-refractivity contribution >= 4 is 0 Å². The van der Waals surface area contributed by atoms with Crippen molar-refractivity contribution in [1.82, 2.24) is 0 Å². The van der Waals surface area contributed by atoms with Crippen molar-refractivity contribution in [2.24, 2.45) is 0 Å². The third-order valence-corrected chi connectivity index (χ3v) is 2.50. The maximum atomic E-state index is 9.37. The standard InChI is InChI=1S/C13H14O3/c1-9(15)10-2-4-11(5-3-10)13-7-6-12(8-14)16-13/h2-7,9,14-15H,8H2,1H3/t9-/m0/s1. The Morgan fingerprint density at radius 3 is 2.31 bits per heavy atom. The molecule has 0 spiro atoms. The first kappa shape index (κ1) is 10.9. The molecule has 0 aliphatic rings. The van der Waals surface area contributed by atoms with Gasteiger partial charge in [-0.05, 0) is 24.6 Å². The normalized spacial score (nSPS) is 12.7. The molecule has 0 saturated heterocycles. The first-order valence-electron chi connectivity index (χ1n) is 5.18. The van der Waals surface area contributed by atoms with Crippen LogP contribution in [-0.2, 0) is 6.61 Å².